The van der Waals surface area contributed by atoms with E-state index in [0.717, 1.165) is 13.0 Å². The molecule has 2 fully saturated rings. The van der Waals surface area contributed by atoms with Crippen LogP contribution in [0.5, 0.6) is 5.75 Å². The van der Waals surface area contributed by atoms with E-state index in [1.165, 1.54) is 29.9 Å². The maximum Gasteiger partial charge on any atom is 0.326 e. The van der Waals surface area contributed by atoms with E-state index in [1.54, 1.807) is 32.9 Å². The lowest BCUT2D eigenvalue weighted by Gasteiger charge is -2.34. The van der Waals surface area contributed by atoms with Crippen LogP contribution in [0.25, 0.3) is 0 Å². The molecule has 1 aliphatic heterocycles. The minimum absolute atomic E-state index is 0.00670. The molecule has 2 aliphatic rings. The number of hydrogen-bond acceptors (Lipinski definition) is 10. The Kier molecular flexibility index (Phi) is 21.5. The molecule has 1 aromatic rings. The summed E-state index contributed by atoms with van der Waals surface area (Å²) in [6.45, 7) is 13.9. The molecule has 0 aromatic heterocycles. The quantitative estimate of drug-likeness (QED) is 0.0342. The highest BCUT2D eigenvalue weighted by atomic mass is 16.4. The smallest absolute Gasteiger partial charge is 0.326 e. The number of nitrogens with zero attached hydrogens (tertiary/aromatic N) is 2. The van der Waals surface area contributed by atoms with E-state index in [-0.39, 0.29) is 74.6 Å². The van der Waals surface area contributed by atoms with E-state index in [9.17, 15) is 43.8 Å². The molecule has 65 heavy (non-hydrogen) atoms. The number of carboxylic acid groups (broad SMARTS) is 1. The number of phenolic OH excluding ortho intramolecular Hbond substituents is 1. The van der Waals surface area contributed by atoms with Crippen molar-refractivity contribution >= 4 is 47.4 Å². The van der Waals surface area contributed by atoms with Gasteiger partial charge < -0.3 is 58.5 Å². The Morgan fingerprint density at radius 1 is 0.769 bits per heavy atom. The summed E-state index contributed by atoms with van der Waals surface area (Å²) < 4.78 is 0. The highest BCUT2D eigenvalue weighted by Gasteiger charge is 2.41. The Labute approximate surface area is 383 Å². The monoisotopic (exact) mass is 913 g/mol. The molecule has 6 atom stereocenters. The molecule has 0 radical (unpaired) electrons. The van der Waals surface area contributed by atoms with Crippen LogP contribution in [0, 0.1) is 17.3 Å². The Morgan fingerprint density at radius 3 is 1.97 bits per heavy atom. The number of guanidine groups is 1. The van der Waals surface area contributed by atoms with Gasteiger partial charge in [-0.3, -0.25) is 33.8 Å². The number of aliphatic imine (C=N–C) groups is 1. The van der Waals surface area contributed by atoms with E-state index in [4.69, 9.17) is 11.5 Å². The molecular weight excluding hydrogens is 837 g/mol. The van der Waals surface area contributed by atoms with Gasteiger partial charge in [0.05, 0.1) is 0 Å². The molecular formula is C46H76N10O9. The summed E-state index contributed by atoms with van der Waals surface area (Å²) in [4.78, 5) is 101. The summed E-state index contributed by atoms with van der Waals surface area (Å²) in [6.07, 6.45) is 5.71. The van der Waals surface area contributed by atoms with E-state index < -0.39 is 77.2 Å². The lowest BCUT2D eigenvalue weighted by Crippen LogP contribution is -2.62. The van der Waals surface area contributed by atoms with Gasteiger partial charge in [0.15, 0.2) is 5.96 Å². The number of carboxylic acids is 1. The van der Waals surface area contributed by atoms with Crippen molar-refractivity contribution in [3.05, 3.63) is 29.8 Å². The number of unbranched alkanes of at least 4 members (excludes halogenated alkanes) is 1. The average molecular weight is 913 g/mol. The van der Waals surface area contributed by atoms with Gasteiger partial charge in [-0.15, -0.1) is 0 Å². The Bertz CT molecular complexity index is 1790. The van der Waals surface area contributed by atoms with Gasteiger partial charge in [0.2, 0.25) is 35.4 Å². The number of nitrogens with two attached hydrogens (primary N) is 2. The molecule has 6 amide bonds. The van der Waals surface area contributed by atoms with Crippen LogP contribution in [0.3, 0.4) is 0 Å². The zero-order valence-corrected chi connectivity index (χ0v) is 39.4. The number of aromatic hydroxyl groups is 1. The minimum Gasteiger partial charge on any atom is -0.508 e. The number of nitrogens with one attached hydrogen (secondary N) is 6. The van der Waals surface area contributed by atoms with Crippen LogP contribution in [0.4, 0.5) is 0 Å². The predicted octanol–water partition coefficient (Wildman–Crippen LogP) is 1.55. The SMILES string of the molecule is CC(C)C[C@H](NC(=O)[C@H](CC(C)C)NC(=O)[C@@H](NC(=O)[C@H](Cc1ccc(O)cc1)NC(=O)[C@@H]1CCCN1C(=O)[C@H](CCCN=C(N)N)NC(=O)CCCCNC1CC1)C(C)(C)C)C(=O)O. The number of carbonyl (C=O) groups is 7. The highest BCUT2D eigenvalue weighted by molar-refractivity contribution is 5.97. The average Bonchev–Trinajstić information content (AvgIpc) is 3.91. The number of aliphatic carboxylic acids is 1. The van der Waals surface area contributed by atoms with Gasteiger partial charge in [-0.25, -0.2) is 4.79 Å². The molecule has 3 rings (SSSR count). The molecule has 1 heterocycles. The fraction of sp³-hybridized carbons (Fsp3) is 0.696. The van der Waals surface area contributed by atoms with Crippen LogP contribution in [-0.2, 0) is 40.0 Å². The third kappa shape index (κ3) is 19.3. The van der Waals surface area contributed by atoms with Gasteiger partial charge in [-0.1, -0.05) is 60.6 Å². The summed E-state index contributed by atoms with van der Waals surface area (Å²) in [6, 6.07) is -0.0825. The maximum atomic E-state index is 14.4. The topological polar surface area (TPSA) is 300 Å². The molecule has 0 spiro atoms. The molecule has 1 aromatic carbocycles. The Hall–Kier alpha value is -5.46. The largest absolute Gasteiger partial charge is 0.508 e. The van der Waals surface area contributed by atoms with Crippen molar-refractivity contribution in [2.45, 2.75) is 168 Å². The zero-order valence-electron chi connectivity index (χ0n) is 39.4. The lowest BCUT2D eigenvalue weighted by molar-refractivity contribution is -0.143. The van der Waals surface area contributed by atoms with Crippen LogP contribution in [0.1, 0.15) is 125 Å². The molecule has 364 valence electrons. The van der Waals surface area contributed by atoms with Crippen molar-refractivity contribution in [3.8, 4) is 5.75 Å². The van der Waals surface area contributed by atoms with Crippen molar-refractivity contribution in [1.29, 1.82) is 0 Å². The van der Waals surface area contributed by atoms with Gasteiger partial charge in [-0.05, 0) is 106 Å². The lowest BCUT2D eigenvalue weighted by atomic mass is 9.85. The van der Waals surface area contributed by atoms with E-state index in [2.05, 4.69) is 36.9 Å². The fourth-order valence-electron chi connectivity index (χ4n) is 7.72. The molecule has 0 bridgehead atoms. The number of benzene rings is 1. The van der Waals surface area contributed by atoms with Crippen molar-refractivity contribution < 1.29 is 43.8 Å². The second-order valence-electron chi connectivity index (χ2n) is 19.4. The number of phenols is 1. The van der Waals surface area contributed by atoms with Crippen LogP contribution < -0.4 is 43.4 Å². The first kappa shape index (κ1) is 53.9. The first-order valence-electron chi connectivity index (χ1n) is 23.2. The third-order valence-corrected chi connectivity index (χ3v) is 11.3. The van der Waals surface area contributed by atoms with Gasteiger partial charge in [0.25, 0.3) is 0 Å². The predicted molar refractivity (Wildman–Crippen MR) is 247 cm³/mol. The van der Waals surface area contributed by atoms with E-state index >= 15 is 0 Å². The number of amides is 6. The molecule has 1 saturated carbocycles. The standard InChI is InChI=1S/C46H76N10O9/c1-27(2)24-33(39(59)54-35(44(64)65)25-28(3)4)53-42(62)38(46(5,6)7)55-40(60)34(26-29-15-19-31(57)20-16-29)52-41(61)36-13-11-23-56(36)43(63)32(12-10-22-50-45(47)48)51-37(58)14-8-9-21-49-30-17-18-30/h15-16,19-20,27-28,30,32-36,38,49,57H,8-14,17-18,21-26H2,1-7H3,(H,51,58)(H,52,61)(H,53,62)(H,54,59)(H,55,60)(H,64,65)(H4,47,48,50)/t32-,33-,34-,35-,36-,38+/m0/s1. The number of hydrogen-bond donors (Lipinski definition) is 10. The summed E-state index contributed by atoms with van der Waals surface area (Å²) in [5.74, 6) is -4.82. The second kappa shape index (κ2) is 25.9. The van der Waals surface area contributed by atoms with Gasteiger partial charge in [0.1, 0.15) is 42.0 Å². The number of rotatable bonds is 27. The van der Waals surface area contributed by atoms with E-state index in [0.29, 0.717) is 37.3 Å². The molecule has 19 heteroatoms. The summed E-state index contributed by atoms with van der Waals surface area (Å²) in [5, 5.41) is 37.0. The normalized spacial score (nSPS) is 17.3. The molecule has 0 unspecified atom stereocenters. The van der Waals surface area contributed by atoms with Crippen molar-refractivity contribution in [1.82, 2.24) is 36.8 Å². The maximum absolute atomic E-state index is 14.4. The van der Waals surface area contributed by atoms with Crippen LogP contribution in [0.2, 0.25) is 0 Å². The number of likely N-dealkylation sites (tertiary alicyclic amines) is 1. The van der Waals surface area contributed by atoms with E-state index in [1.807, 2.05) is 27.7 Å². The molecule has 19 nitrogen and oxygen atoms in total. The molecule has 1 saturated heterocycles. The molecule has 1 aliphatic carbocycles. The third-order valence-electron chi connectivity index (χ3n) is 11.3. The first-order chi connectivity index (χ1) is 30.5. The van der Waals surface area contributed by atoms with Gasteiger partial charge in [0, 0.05) is 32.0 Å². The zero-order chi connectivity index (χ0) is 48.4. The Balaban J connectivity index is 1.83. The van der Waals surface area contributed by atoms with Gasteiger partial charge >= 0.3 is 5.97 Å². The first-order valence-corrected chi connectivity index (χ1v) is 23.2. The second-order valence-corrected chi connectivity index (χ2v) is 19.4. The minimum atomic E-state index is -1.27. The summed E-state index contributed by atoms with van der Waals surface area (Å²) in [7, 11) is 0. The van der Waals surface area contributed by atoms with Crippen LogP contribution >= 0.6 is 0 Å². The molecule has 12 N–H and O–H groups in total. The van der Waals surface area contributed by atoms with Crippen LogP contribution in [0.15, 0.2) is 29.3 Å². The number of carbonyl (C=O) groups excluding carboxylic acids is 6. The van der Waals surface area contributed by atoms with Crippen molar-refractivity contribution in [2.24, 2.45) is 33.7 Å². The summed E-state index contributed by atoms with van der Waals surface area (Å²) in [5.41, 5.74) is 10.7. The highest BCUT2D eigenvalue weighted by Crippen LogP contribution is 2.23. The van der Waals surface area contributed by atoms with Crippen molar-refractivity contribution in [3.63, 3.8) is 0 Å². The van der Waals surface area contributed by atoms with Gasteiger partial charge in [-0.2, -0.15) is 0 Å². The Morgan fingerprint density at radius 2 is 1.38 bits per heavy atom. The van der Waals surface area contributed by atoms with Crippen LogP contribution in [-0.4, -0.2) is 124 Å². The summed E-state index contributed by atoms with van der Waals surface area (Å²) >= 11 is 0. The van der Waals surface area contributed by atoms with Crippen molar-refractivity contribution in [2.75, 3.05) is 19.6 Å². The fourth-order valence-corrected chi connectivity index (χ4v) is 7.72.